The van der Waals surface area contributed by atoms with Gasteiger partial charge in [-0.2, -0.15) is 0 Å². The van der Waals surface area contributed by atoms with Gasteiger partial charge in [0.15, 0.2) is 6.61 Å². The van der Waals surface area contributed by atoms with Crippen LogP contribution in [0.25, 0.3) is 0 Å². The molecule has 40 heavy (non-hydrogen) atoms. The predicted molar refractivity (Wildman–Crippen MR) is 144 cm³/mol. The first-order valence-corrected chi connectivity index (χ1v) is 13.3. The molecule has 2 bridgehead atoms. The molecular formula is C31H27N3O6. The zero-order chi connectivity index (χ0) is 27.8. The van der Waals surface area contributed by atoms with Crippen molar-refractivity contribution in [2.45, 2.75) is 18.8 Å². The number of carbonyl (C=O) groups excluding carboxylic acids is 5. The minimum Gasteiger partial charge on any atom is -0.452 e. The van der Waals surface area contributed by atoms with Crippen LogP contribution in [0, 0.1) is 23.7 Å². The van der Waals surface area contributed by atoms with Gasteiger partial charge in [-0.15, -0.1) is 0 Å². The second-order valence-electron chi connectivity index (χ2n) is 10.5. The number of hydrogen-bond donors (Lipinski definition) is 2. The van der Waals surface area contributed by atoms with E-state index in [0.29, 0.717) is 11.3 Å². The van der Waals surface area contributed by atoms with Crippen molar-refractivity contribution in [3.63, 3.8) is 0 Å². The third-order valence-corrected chi connectivity index (χ3v) is 8.29. The largest absolute Gasteiger partial charge is 0.452 e. The Morgan fingerprint density at radius 2 is 1.40 bits per heavy atom. The Balaban J connectivity index is 1.05. The summed E-state index contributed by atoms with van der Waals surface area (Å²) in [6.07, 6.45) is 1.81. The van der Waals surface area contributed by atoms with Crippen LogP contribution in [-0.2, 0) is 19.1 Å². The van der Waals surface area contributed by atoms with Crippen LogP contribution >= 0.6 is 0 Å². The summed E-state index contributed by atoms with van der Waals surface area (Å²) in [6, 6.07) is 24.5. The molecule has 9 nitrogen and oxygen atoms in total. The van der Waals surface area contributed by atoms with Gasteiger partial charge in [-0.25, -0.2) is 4.79 Å². The summed E-state index contributed by atoms with van der Waals surface area (Å²) in [7, 11) is 0. The van der Waals surface area contributed by atoms with Gasteiger partial charge in [0, 0.05) is 5.56 Å². The highest BCUT2D eigenvalue weighted by molar-refractivity contribution is 6.22. The van der Waals surface area contributed by atoms with Crippen LogP contribution in [0.5, 0.6) is 0 Å². The maximum Gasteiger partial charge on any atom is 0.338 e. The van der Waals surface area contributed by atoms with E-state index in [1.165, 1.54) is 22.6 Å². The standard InChI is InChI=1S/C31H27N3O6/c35-25(32-33-28(36)19-9-5-2-6-10-19)17-40-31(39)20-11-13-22(14-12-20)34-29(37)26-21-15-23(18-7-3-1-4-8-18)24(16-21)27(26)30(34)38/h1-14,21,23-24,26-27H,15-17H2,(H,32,35)(H,33,36)/t21-,23-,24+,26+,27+/m0/s1. The normalized spacial score (nSPS) is 24.5. The molecule has 0 unspecified atom stereocenters. The fourth-order valence-corrected chi connectivity index (χ4v) is 6.58. The van der Waals surface area contributed by atoms with E-state index in [9.17, 15) is 24.0 Å². The lowest BCUT2D eigenvalue weighted by Gasteiger charge is -2.28. The first-order valence-electron chi connectivity index (χ1n) is 13.3. The Morgan fingerprint density at radius 1 is 0.750 bits per heavy atom. The minimum absolute atomic E-state index is 0.150. The molecule has 6 rings (SSSR count). The molecule has 2 saturated carbocycles. The highest BCUT2D eigenvalue weighted by Gasteiger charge is 2.64. The molecule has 5 atom stereocenters. The number of nitrogens with zero attached hydrogens (tertiary/aromatic N) is 1. The van der Waals surface area contributed by atoms with Crippen LogP contribution in [0.4, 0.5) is 5.69 Å². The summed E-state index contributed by atoms with van der Waals surface area (Å²) in [5.41, 5.74) is 6.60. The quantitative estimate of drug-likeness (QED) is 0.283. The Labute approximate surface area is 230 Å². The number of imide groups is 1. The molecule has 3 aliphatic rings. The molecular weight excluding hydrogens is 510 g/mol. The van der Waals surface area contributed by atoms with Crippen LogP contribution in [-0.4, -0.2) is 36.2 Å². The second-order valence-corrected chi connectivity index (χ2v) is 10.5. The second kappa shape index (κ2) is 10.4. The van der Waals surface area contributed by atoms with Crippen LogP contribution < -0.4 is 15.8 Å². The van der Waals surface area contributed by atoms with E-state index in [0.717, 1.165) is 12.8 Å². The number of rotatable bonds is 6. The summed E-state index contributed by atoms with van der Waals surface area (Å²) in [5.74, 6) is -2.29. The van der Waals surface area contributed by atoms with Crippen molar-refractivity contribution in [1.82, 2.24) is 10.9 Å². The third kappa shape index (κ3) is 4.53. The van der Waals surface area contributed by atoms with Crippen molar-refractivity contribution in [3.8, 4) is 0 Å². The fraction of sp³-hybridized carbons (Fsp3) is 0.258. The molecule has 3 aromatic rings. The van der Waals surface area contributed by atoms with Gasteiger partial charge in [0.2, 0.25) is 11.8 Å². The molecule has 3 fully saturated rings. The lowest BCUT2D eigenvalue weighted by atomic mass is 9.73. The third-order valence-electron chi connectivity index (χ3n) is 8.29. The van der Waals surface area contributed by atoms with E-state index in [1.54, 1.807) is 42.5 Å². The van der Waals surface area contributed by atoms with Crippen LogP contribution in [0.15, 0.2) is 84.9 Å². The molecule has 1 heterocycles. The Bertz CT molecular complexity index is 1470. The SMILES string of the molecule is O=C(COC(=O)c1ccc(N2C(=O)[C@@H]3[C@@H]4C[C@@H]([C@H]3C2=O)[C@H](c2ccccc2)C4)cc1)NNC(=O)c1ccccc1. The van der Waals surface area contributed by atoms with Gasteiger partial charge < -0.3 is 4.74 Å². The van der Waals surface area contributed by atoms with Crippen molar-refractivity contribution in [3.05, 3.63) is 102 Å². The predicted octanol–water partition coefficient (Wildman–Crippen LogP) is 3.23. The molecule has 4 amide bonds. The fourth-order valence-electron chi connectivity index (χ4n) is 6.58. The van der Waals surface area contributed by atoms with E-state index < -0.39 is 24.4 Å². The lowest BCUT2D eigenvalue weighted by Crippen LogP contribution is -2.43. The lowest BCUT2D eigenvalue weighted by molar-refractivity contribution is -0.125. The maximum atomic E-state index is 13.5. The first-order chi connectivity index (χ1) is 19.4. The van der Waals surface area contributed by atoms with E-state index in [1.807, 2.05) is 18.2 Å². The Hall–Kier alpha value is -4.79. The number of ether oxygens (including phenoxy) is 1. The molecule has 202 valence electrons. The molecule has 0 spiro atoms. The van der Waals surface area contributed by atoms with Crippen molar-refractivity contribution in [2.24, 2.45) is 23.7 Å². The van der Waals surface area contributed by atoms with Gasteiger partial charge in [0.1, 0.15) is 0 Å². The van der Waals surface area contributed by atoms with Crippen molar-refractivity contribution in [1.29, 1.82) is 0 Å². The number of amides is 4. The number of anilines is 1. The molecule has 0 aromatic heterocycles. The van der Waals surface area contributed by atoms with Gasteiger partial charge in [-0.05, 0) is 72.6 Å². The van der Waals surface area contributed by atoms with Gasteiger partial charge in [0.25, 0.3) is 11.8 Å². The van der Waals surface area contributed by atoms with E-state index in [-0.39, 0.29) is 47.0 Å². The smallest absolute Gasteiger partial charge is 0.338 e. The number of carbonyl (C=O) groups is 5. The topological polar surface area (TPSA) is 122 Å². The van der Waals surface area contributed by atoms with E-state index in [2.05, 4.69) is 23.0 Å². The first kappa shape index (κ1) is 25.5. The van der Waals surface area contributed by atoms with Gasteiger partial charge in [0.05, 0.1) is 23.1 Å². The van der Waals surface area contributed by atoms with Crippen LogP contribution in [0.2, 0.25) is 0 Å². The molecule has 1 saturated heterocycles. The number of esters is 1. The number of benzene rings is 3. The monoisotopic (exact) mass is 537 g/mol. The molecule has 0 radical (unpaired) electrons. The zero-order valence-electron chi connectivity index (χ0n) is 21.5. The summed E-state index contributed by atoms with van der Waals surface area (Å²) < 4.78 is 5.04. The highest BCUT2D eigenvalue weighted by atomic mass is 16.5. The molecule has 2 N–H and O–H groups in total. The zero-order valence-corrected chi connectivity index (χ0v) is 21.5. The number of fused-ring (bicyclic) bond motifs is 5. The summed E-state index contributed by atoms with van der Waals surface area (Å²) >= 11 is 0. The highest BCUT2D eigenvalue weighted by Crippen LogP contribution is 2.61. The Morgan fingerprint density at radius 3 is 2.10 bits per heavy atom. The Kier molecular flexibility index (Phi) is 6.63. The molecule has 2 aliphatic carbocycles. The summed E-state index contributed by atoms with van der Waals surface area (Å²) in [5, 5.41) is 0. The number of nitrogens with one attached hydrogen (secondary N) is 2. The maximum absolute atomic E-state index is 13.5. The number of hydrogen-bond acceptors (Lipinski definition) is 6. The van der Waals surface area contributed by atoms with Gasteiger partial charge in [-0.1, -0.05) is 48.5 Å². The molecule has 1 aliphatic heterocycles. The molecule has 3 aromatic carbocycles. The van der Waals surface area contributed by atoms with E-state index >= 15 is 0 Å². The van der Waals surface area contributed by atoms with Crippen molar-refractivity contribution >= 4 is 35.3 Å². The van der Waals surface area contributed by atoms with Crippen LogP contribution in [0.3, 0.4) is 0 Å². The number of hydrazine groups is 1. The summed E-state index contributed by atoms with van der Waals surface area (Å²) in [4.78, 5) is 64.6. The van der Waals surface area contributed by atoms with E-state index in [4.69, 9.17) is 4.74 Å². The average molecular weight is 538 g/mol. The van der Waals surface area contributed by atoms with Gasteiger partial charge in [-0.3, -0.25) is 34.9 Å². The van der Waals surface area contributed by atoms with Crippen molar-refractivity contribution < 1.29 is 28.7 Å². The van der Waals surface area contributed by atoms with Gasteiger partial charge >= 0.3 is 5.97 Å². The van der Waals surface area contributed by atoms with Crippen LogP contribution in [0.1, 0.15) is 45.0 Å². The van der Waals surface area contributed by atoms with Crippen molar-refractivity contribution in [2.75, 3.05) is 11.5 Å². The minimum atomic E-state index is -0.754. The summed E-state index contributed by atoms with van der Waals surface area (Å²) in [6.45, 7) is -0.604. The molecule has 9 heteroatoms. The average Bonchev–Trinajstić information content (AvgIpc) is 3.66.